The Bertz CT molecular complexity index is 736. The third kappa shape index (κ3) is 4.32. The first-order valence-corrected chi connectivity index (χ1v) is 6.73. The molecule has 1 amide bonds. The van der Waals surface area contributed by atoms with Crippen molar-refractivity contribution in [2.24, 2.45) is 5.41 Å². The van der Waals surface area contributed by atoms with Crippen molar-refractivity contribution < 1.29 is 19.8 Å². The molecule has 0 fully saturated rings. The summed E-state index contributed by atoms with van der Waals surface area (Å²) in [6.45, 7) is 5.59. The van der Waals surface area contributed by atoms with Gasteiger partial charge in [0, 0.05) is 11.8 Å². The maximum absolute atomic E-state index is 12.1. The molecule has 0 aliphatic rings. The topological polar surface area (TPSA) is 117 Å². The first kappa shape index (κ1) is 18.7. The minimum atomic E-state index is -1.17. The first-order chi connectivity index (χ1) is 10.2. The van der Waals surface area contributed by atoms with E-state index in [1.54, 1.807) is 0 Å². The lowest BCUT2D eigenvalue weighted by atomic mass is 9.90. The van der Waals surface area contributed by atoms with Gasteiger partial charge in [0.2, 0.25) is 0 Å². The molecule has 0 atom stereocenters. The highest BCUT2D eigenvalue weighted by Gasteiger charge is 2.22. The van der Waals surface area contributed by atoms with Crippen molar-refractivity contribution in [2.75, 3.05) is 6.54 Å². The van der Waals surface area contributed by atoms with Gasteiger partial charge < -0.3 is 15.5 Å². The number of hydrogen-bond acceptors (Lipinski definition) is 5. The number of carbonyl (C=O) groups is 2. The van der Waals surface area contributed by atoms with E-state index < -0.39 is 18.4 Å². The largest absolute Gasteiger partial charge is 0.507 e. The number of fused-ring (bicyclic) bond motifs is 1. The molecule has 2 aromatic rings. The minimum absolute atomic E-state index is 0. The minimum Gasteiger partial charge on any atom is -0.507 e. The fraction of sp³-hybridized carbons (Fsp3) is 0.429. The second-order valence-corrected chi connectivity index (χ2v) is 6.21. The van der Waals surface area contributed by atoms with E-state index in [2.05, 4.69) is 15.4 Å². The summed E-state index contributed by atoms with van der Waals surface area (Å²) >= 11 is 0. The molecule has 3 N–H and O–H groups in total. The van der Waals surface area contributed by atoms with Crippen LogP contribution >= 0.6 is 12.4 Å². The monoisotopic (exact) mass is 342 g/mol. The molecule has 126 valence electrons. The molecular weight excluding hydrogens is 324 g/mol. The molecule has 0 radical (unpaired) electrons. The lowest BCUT2D eigenvalue weighted by Crippen LogP contribution is -2.30. The number of carbonyl (C=O) groups excluding carboxylic acids is 1. The molecule has 0 aliphatic carbocycles. The Labute approximate surface area is 138 Å². The molecule has 0 aromatic carbocycles. The Morgan fingerprint density at radius 2 is 2.00 bits per heavy atom. The number of nitrogens with zero attached hydrogens (tertiary/aromatic N) is 3. The van der Waals surface area contributed by atoms with E-state index in [9.17, 15) is 14.7 Å². The number of hydrogen-bond donors (Lipinski definition) is 3. The molecule has 2 heterocycles. The van der Waals surface area contributed by atoms with Gasteiger partial charge >= 0.3 is 5.97 Å². The second-order valence-electron chi connectivity index (χ2n) is 6.21. The van der Waals surface area contributed by atoms with Gasteiger partial charge in [-0.1, -0.05) is 20.8 Å². The van der Waals surface area contributed by atoms with E-state index in [1.165, 1.54) is 16.9 Å². The number of nitrogens with one attached hydrogen (secondary N) is 1. The van der Waals surface area contributed by atoms with Crippen LogP contribution in [0.4, 0.5) is 0 Å². The van der Waals surface area contributed by atoms with Crippen LogP contribution in [0.15, 0.2) is 12.4 Å². The van der Waals surface area contributed by atoms with E-state index in [0.29, 0.717) is 12.1 Å². The highest BCUT2D eigenvalue weighted by molar-refractivity contribution is 6.03. The molecule has 0 saturated carbocycles. The molecule has 0 aliphatic heterocycles. The molecule has 2 aromatic heterocycles. The molecule has 0 saturated heterocycles. The Kier molecular flexibility index (Phi) is 5.55. The molecule has 0 unspecified atom stereocenters. The van der Waals surface area contributed by atoms with Crippen LogP contribution in [0.5, 0.6) is 5.75 Å². The zero-order valence-electron chi connectivity index (χ0n) is 13.0. The zero-order valence-corrected chi connectivity index (χ0v) is 13.8. The number of carboxylic acid groups (broad SMARTS) is 1. The number of amides is 1. The molecule has 23 heavy (non-hydrogen) atoms. The molecule has 0 spiro atoms. The summed E-state index contributed by atoms with van der Waals surface area (Å²) in [5, 5.41) is 25.1. The van der Waals surface area contributed by atoms with Crippen LogP contribution in [0.3, 0.4) is 0 Å². The van der Waals surface area contributed by atoms with E-state index >= 15 is 0 Å². The van der Waals surface area contributed by atoms with Gasteiger partial charge in [-0.3, -0.25) is 9.59 Å². The number of rotatable bonds is 4. The number of aliphatic carboxylic acids is 1. The van der Waals surface area contributed by atoms with Gasteiger partial charge in [0.1, 0.15) is 24.2 Å². The summed E-state index contributed by atoms with van der Waals surface area (Å²) in [4.78, 5) is 26.6. The van der Waals surface area contributed by atoms with Crippen LogP contribution in [0.1, 0.15) is 36.8 Å². The summed E-state index contributed by atoms with van der Waals surface area (Å²) in [7, 11) is 0. The summed E-state index contributed by atoms with van der Waals surface area (Å²) in [5.74, 6) is -2.13. The number of carboxylic acids is 1. The predicted molar refractivity (Wildman–Crippen MR) is 85.0 cm³/mol. The summed E-state index contributed by atoms with van der Waals surface area (Å²) in [5.41, 5.74) is 0.782. The van der Waals surface area contributed by atoms with E-state index in [0.717, 1.165) is 0 Å². The average molecular weight is 343 g/mol. The maximum Gasteiger partial charge on any atom is 0.322 e. The van der Waals surface area contributed by atoms with Crippen molar-refractivity contribution in [1.29, 1.82) is 0 Å². The number of aromatic hydroxyl groups is 1. The Hall–Kier alpha value is -2.35. The first-order valence-electron chi connectivity index (χ1n) is 6.73. The smallest absolute Gasteiger partial charge is 0.322 e. The average Bonchev–Trinajstić information content (AvgIpc) is 2.83. The van der Waals surface area contributed by atoms with Crippen LogP contribution < -0.4 is 5.32 Å². The number of aromatic nitrogens is 3. The second kappa shape index (κ2) is 6.82. The SMILES string of the molecule is CC(C)(C)Cc1cc(O)c(C(=O)NCC(=O)O)c2ncnn12.Cl. The third-order valence-corrected chi connectivity index (χ3v) is 2.94. The van der Waals surface area contributed by atoms with Crippen LogP contribution in [0, 0.1) is 5.41 Å². The van der Waals surface area contributed by atoms with Gasteiger partial charge in [-0.05, 0) is 11.8 Å². The van der Waals surface area contributed by atoms with Crippen LogP contribution in [0.2, 0.25) is 0 Å². The normalized spacial score (nSPS) is 11.1. The van der Waals surface area contributed by atoms with Crippen LogP contribution in [-0.4, -0.2) is 43.2 Å². The van der Waals surface area contributed by atoms with Crippen molar-refractivity contribution in [1.82, 2.24) is 19.9 Å². The number of pyridine rings is 1. The van der Waals surface area contributed by atoms with Gasteiger partial charge in [0.15, 0.2) is 5.65 Å². The maximum atomic E-state index is 12.1. The van der Waals surface area contributed by atoms with E-state index in [4.69, 9.17) is 5.11 Å². The highest BCUT2D eigenvalue weighted by atomic mass is 35.5. The molecule has 2 rings (SSSR count). The van der Waals surface area contributed by atoms with Gasteiger partial charge in [-0.2, -0.15) is 5.10 Å². The molecule has 8 nitrogen and oxygen atoms in total. The summed E-state index contributed by atoms with van der Waals surface area (Å²) in [6.07, 6.45) is 1.91. The third-order valence-electron chi connectivity index (χ3n) is 2.94. The van der Waals surface area contributed by atoms with Crippen molar-refractivity contribution in [3.63, 3.8) is 0 Å². The van der Waals surface area contributed by atoms with Crippen LogP contribution in [0.25, 0.3) is 5.65 Å². The van der Waals surface area contributed by atoms with Gasteiger partial charge in [-0.15, -0.1) is 12.4 Å². The van der Waals surface area contributed by atoms with Gasteiger partial charge in [0.25, 0.3) is 5.91 Å². The Balaban J connectivity index is 0.00000264. The van der Waals surface area contributed by atoms with Crippen molar-refractivity contribution in [3.05, 3.63) is 23.7 Å². The summed E-state index contributed by atoms with van der Waals surface area (Å²) < 4.78 is 1.49. The van der Waals surface area contributed by atoms with Crippen LogP contribution in [-0.2, 0) is 11.2 Å². The Morgan fingerprint density at radius 1 is 1.35 bits per heavy atom. The Morgan fingerprint density at radius 3 is 2.57 bits per heavy atom. The van der Waals surface area contributed by atoms with Crippen molar-refractivity contribution in [3.8, 4) is 5.75 Å². The van der Waals surface area contributed by atoms with E-state index in [1.807, 2.05) is 20.8 Å². The van der Waals surface area contributed by atoms with Gasteiger partial charge in [0.05, 0.1) is 0 Å². The summed E-state index contributed by atoms with van der Waals surface area (Å²) in [6, 6.07) is 1.46. The highest BCUT2D eigenvalue weighted by Crippen LogP contribution is 2.27. The zero-order chi connectivity index (χ0) is 16.5. The molecule has 0 bridgehead atoms. The fourth-order valence-electron chi connectivity index (χ4n) is 2.16. The molecular formula is C14H19ClN4O4. The fourth-order valence-corrected chi connectivity index (χ4v) is 2.16. The van der Waals surface area contributed by atoms with E-state index in [-0.39, 0.29) is 34.8 Å². The number of halogens is 1. The van der Waals surface area contributed by atoms with Gasteiger partial charge in [-0.25, -0.2) is 9.50 Å². The standard InChI is InChI=1S/C14H18N4O4.ClH/c1-14(2,3)5-8-4-9(19)11(12-16-7-17-18(8)12)13(22)15-6-10(20)21;/h4,7,19H,5-6H2,1-3H3,(H,15,22)(H,20,21);1H. The lowest BCUT2D eigenvalue weighted by Gasteiger charge is -2.19. The van der Waals surface area contributed by atoms with Crippen molar-refractivity contribution in [2.45, 2.75) is 27.2 Å². The molecule has 9 heteroatoms. The quantitative estimate of drug-likeness (QED) is 0.770. The van der Waals surface area contributed by atoms with Crippen molar-refractivity contribution >= 4 is 29.9 Å². The predicted octanol–water partition coefficient (Wildman–Crippen LogP) is 1.26. The lowest BCUT2D eigenvalue weighted by molar-refractivity contribution is -0.135.